The highest BCUT2D eigenvalue weighted by Crippen LogP contribution is 2.27. The Kier molecular flexibility index (Phi) is 3.35. The van der Waals surface area contributed by atoms with E-state index in [0.717, 1.165) is 33.0 Å². The van der Waals surface area contributed by atoms with Crippen molar-refractivity contribution in [3.63, 3.8) is 0 Å². The van der Waals surface area contributed by atoms with Gasteiger partial charge in [-0.1, -0.05) is 0 Å². The molecule has 1 amide bonds. The lowest BCUT2D eigenvalue weighted by molar-refractivity contribution is 0.101. The molecule has 0 aliphatic carbocycles. The summed E-state index contributed by atoms with van der Waals surface area (Å²) in [5, 5.41) is 5.04. The van der Waals surface area contributed by atoms with E-state index >= 15 is 0 Å². The third kappa shape index (κ3) is 2.05. The summed E-state index contributed by atoms with van der Waals surface area (Å²) in [4.78, 5) is 13.5. The smallest absolute Gasteiger partial charge is 0.272 e. The van der Waals surface area contributed by atoms with Crippen molar-refractivity contribution in [1.29, 1.82) is 0 Å². The Morgan fingerprint density at radius 2 is 2.25 bits per heavy atom. The number of hydrogen-bond donors (Lipinski definition) is 1. The number of aromatic nitrogens is 2. The zero-order valence-electron chi connectivity index (χ0n) is 11.6. The minimum atomic E-state index is -0.0679. The van der Waals surface area contributed by atoms with E-state index in [1.165, 1.54) is 11.5 Å². The molecular weight excluding hydrogens is 290 g/mol. The van der Waals surface area contributed by atoms with E-state index in [1.54, 1.807) is 11.3 Å². The normalized spacial score (nSPS) is 11.2. The molecule has 20 heavy (non-hydrogen) atoms. The number of rotatable bonds is 3. The van der Waals surface area contributed by atoms with Crippen LogP contribution in [0.1, 0.15) is 28.0 Å². The molecule has 6 heteroatoms. The van der Waals surface area contributed by atoms with Crippen molar-refractivity contribution in [3.8, 4) is 0 Å². The monoisotopic (exact) mass is 305 g/mol. The molecule has 3 rings (SSSR count). The topological polar surface area (TPSA) is 46.9 Å². The van der Waals surface area contributed by atoms with Crippen LogP contribution < -0.4 is 5.32 Å². The van der Waals surface area contributed by atoms with Gasteiger partial charge >= 0.3 is 0 Å². The Labute approximate surface area is 125 Å². The van der Waals surface area contributed by atoms with E-state index in [0.29, 0.717) is 5.69 Å². The Bertz CT molecular complexity index is 762. The van der Waals surface area contributed by atoms with Crippen LogP contribution >= 0.6 is 22.9 Å². The maximum Gasteiger partial charge on any atom is 0.272 e. The van der Waals surface area contributed by atoms with Crippen molar-refractivity contribution in [2.75, 3.05) is 5.32 Å². The quantitative estimate of drug-likeness (QED) is 0.793. The number of nitrogens with one attached hydrogen (secondary N) is 1. The number of fused-ring (bicyclic) bond motifs is 1. The van der Waals surface area contributed by atoms with Gasteiger partial charge < -0.3 is 9.88 Å². The summed E-state index contributed by atoms with van der Waals surface area (Å²) >= 11 is 3.07. The molecule has 0 saturated heterocycles. The first-order chi connectivity index (χ1) is 9.61. The van der Waals surface area contributed by atoms with Crippen LogP contribution in [0.2, 0.25) is 0 Å². The van der Waals surface area contributed by atoms with Crippen LogP contribution in [0.15, 0.2) is 17.5 Å². The molecule has 0 fully saturated rings. The van der Waals surface area contributed by atoms with Gasteiger partial charge in [0.15, 0.2) is 0 Å². The lowest BCUT2D eigenvalue weighted by Crippen LogP contribution is -2.17. The van der Waals surface area contributed by atoms with Crippen molar-refractivity contribution in [2.24, 2.45) is 0 Å². The third-order valence-corrected chi connectivity index (χ3v) is 5.04. The van der Waals surface area contributed by atoms with Crippen LogP contribution in [0.5, 0.6) is 0 Å². The standard InChI is InChI=1S/C14H15N3OS2/c1-4-17-10-5-6-19-12(10)7-11(17)14(18)15-13-8(2)16-20-9(13)3/h5-7H,4H2,1-3H3,(H,15,18). The zero-order valence-corrected chi connectivity index (χ0v) is 13.2. The van der Waals surface area contributed by atoms with Gasteiger partial charge in [0.1, 0.15) is 5.69 Å². The van der Waals surface area contributed by atoms with E-state index in [-0.39, 0.29) is 5.91 Å². The number of nitrogens with zero attached hydrogens (tertiary/aromatic N) is 2. The van der Waals surface area contributed by atoms with Crippen LogP contribution in [0, 0.1) is 13.8 Å². The molecule has 104 valence electrons. The molecule has 3 aromatic heterocycles. The van der Waals surface area contributed by atoms with Crippen molar-refractivity contribution in [3.05, 3.63) is 33.8 Å². The molecule has 4 nitrogen and oxygen atoms in total. The lowest BCUT2D eigenvalue weighted by Gasteiger charge is -2.08. The fraction of sp³-hybridized carbons (Fsp3) is 0.286. The molecule has 0 saturated carbocycles. The second kappa shape index (κ2) is 5.03. The van der Waals surface area contributed by atoms with Crippen LogP contribution in [-0.2, 0) is 6.54 Å². The van der Waals surface area contributed by atoms with E-state index < -0.39 is 0 Å². The number of carbonyl (C=O) groups is 1. The van der Waals surface area contributed by atoms with Crippen molar-refractivity contribution in [1.82, 2.24) is 8.94 Å². The van der Waals surface area contributed by atoms with Gasteiger partial charge in [-0.15, -0.1) is 11.3 Å². The lowest BCUT2D eigenvalue weighted by atomic mass is 10.3. The van der Waals surface area contributed by atoms with Gasteiger partial charge in [-0.3, -0.25) is 4.79 Å². The fourth-order valence-corrected chi connectivity index (χ4v) is 3.82. The van der Waals surface area contributed by atoms with Gasteiger partial charge in [0.2, 0.25) is 0 Å². The summed E-state index contributed by atoms with van der Waals surface area (Å²) in [6, 6.07) is 4.02. The van der Waals surface area contributed by atoms with Gasteiger partial charge in [-0.05, 0) is 49.8 Å². The number of hydrogen-bond acceptors (Lipinski definition) is 4. The zero-order chi connectivity index (χ0) is 14.3. The van der Waals surface area contributed by atoms with Crippen LogP contribution in [0.25, 0.3) is 10.2 Å². The number of thiophene rings is 1. The van der Waals surface area contributed by atoms with Crippen LogP contribution in [-0.4, -0.2) is 14.8 Å². The second-order valence-corrected chi connectivity index (χ2v) is 6.52. The second-order valence-electron chi connectivity index (χ2n) is 4.60. The number of carbonyl (C=O) groups excluding carboxylic acids is 1. The van der Waals surface area contributed by atoms with Gasteiger partial charge in [0.05, 0.1) is 21.6 Å². The number of anilines is 1. The minimum Gasteiger partial charge on any atom is -0.336 e. The summed E-state index contributed by atoms with van der Waals surface area (Å²) in [5.74, 6) is -0.0679. The van der Waals surface area contributed by atoms with Crippen molar-refractivity contribution in [2.45, 2.75) is 27.3 Å². The van der Waals surface area contributed by atoms with Gasteiger partial charge in [-0.25, -0.2) is 0 Å². The third-order valence-electron chi connectivity index (χ3n) is 3.34. The van der Waals surface area contributed by atoms with Crippen molar-refractivity contribution < 1.29 is 4.79 Å². The summed E-state index contributed by atoms with van der Waals surface area (Å²) in [6.07, 6.45) is 0. The largest absolute Gasteiger partial charge is 0.336 e. The Balaban J connectivity index is 1.98. The number of amides is 1. The molecule has 0 atom stereocenters. The molecule has 0 aliphatic heterocycles. The molecule has 0 unspecified atom stereocenters. The first-order valence-electron chi connectivity index (χ1n) is 6.42. The first kappa shape index (κ1) is 13.3. The maximum absolute atomic E-state index is 12.5. The summed E-state index contributed by atoms with van der Waals surface area (Å²) in [6.45, 7) is 6.72. The van der Waals surface area contributed by atoms with Crippen molar-refractivity contribution >= 4 is 44.7 Å². The first-order valence-corrected chi connectivity index (χ1v) is 8.08. The molecule has 0 spiro atoms. The Hall–Kier alpha value is -1.66. The highest BCUT2D eigenvalue weighted by atomic mass is 32.1. The van der Waals surface area contributed by atoms with Gasteiger partial charge in [-0.2, -0.15) is 4.37 Å². The fourth-order valence-electron chi connectivity index (χ4n) is 2.34. The summed E-state index contributed by atoms with van der Waals surface area (Å²) in [7, 11) is 0. The average Bonchev–Trinajstić information content (AvgIpc) is 3.08. The van der Waals surface area contributed by atoms with Crippen LogP contribution in [0.3, 0.4) is 0 Å². The van der Waals surface area contributed by atoms with Gasteiger partial charge in [0, 0.05) is 11.4 Å². The number of aryl methyl sites for hydroxylation is 3. The highest BCUT2D eigenvalue weighted by molar-refractivity contribution is 7.17. The summed E-state index contributed by atoms with van der Waals surface area (Å²) < 4.78 is 7.45. The van der Waals surface area contributed by atoms with E-state index in [1.807, 2.05) is 24.5 Å². The highest BCUT2D eigenvalue weighted by Gasteiger charge is 2.18. The molecule has 1 N–H and O–H groups in total. The maximum atomic E-state index is 12.5. The molecule has 0 bridgehead atoms. The Morgan fingerprint density at radius 3 is 2.90 bits per heavy atom. The molecule has 3 heterocycles. The van der Waals surface area contributed by atoms with Gasteiger partial charge in [0.25, 0.3) is 5.91 Å². The van der Waals surface area contributed by atoms with E-state index in [4.69, 9.17) is 0 Å². The molecule has 3 aromatic rings. The predicted molar refractivity (Wildman–Crippen MR) is 85.0 cm³/mol. The SMILES string of the molecule is CCn1c(C(=O)Nc2c(C)nsc2C)cc2sccc21. The Morgan fingerprint density at radius 1 is 1.45 bits per heavy atom. The molecule has 0 aliphatic rings. The molecule has 0 aromatic carbocycles. The minimum absolute atomic E-state index is 0.0679. The van der Waals surface area contributed by atoms with Crippen LogP contribution in [0.4, 0.5) is 5.69 Å². The van der Waals surface area contributed by atoms with E-state index in [9.17, 15) is 4.79 Å². The summed E-state index contributed by atoms with van der Waals surface area (Å²) in [5.41, 5.74) is 3.54. The van der Waals surface area contributed by atoms with E-state index in [2.05, 4.69) is 28.1 Å². The molecule has 0 radical (unpaired) electrons. The average molecular weight is 305 g/mol. The predicted octanol–water partition coefficient (Wildman–Crippen LogP) is 4.05. The molecular formula is C14H15N3OS2.